The summed E-state index contributed by atoms with van der Waals surface area (Å²) in [4.78, 5) is 182. The molecule has 48 N–H and O–H groups in total. The van der Waals surface area contributed by atoms with Gasteiger partial charge >= 0.3 is 82.8 Å². The molecule has 0 aliphatic heterocycles. The Balaban J connectivity index is -0.000000289. The number of nitrogens with zero attached hydrogens (tertiary/aromatic N) is 3. The van der Waals surface area contributed by atoms with Crippen LogP contribution in [0.25, 0.3) is 0 Å². The molecule has 1 rings (SSSR count). The van der Waals surface area contributed by atoms with E-state index in [9.17, 15) is 56.2 Å². The second-order valence-electron chi connectivity index (χ2n) is 20.2. The van der Waals surface area contributed by atoms with Crippen molar-refractivity contribution < 1.29 is 173 Å². The van der Waals surface area contributed by atoms with E-state index in [1.54, 1.807) is 0 Å². The van der Waals surface area contributed by atoms with Gasteiger partial charge in [-0.15, -0.1) is 0 Å². The van der Waals surface area contributed by atoms with E-state index in [-0.39, 0.29) is 17.9 Å². The summed E-state index contributed by atoms with van der Waals surface area (Å²) < 4.78 is 93.1. The lowest BCUT2D eigenvalue weighted by atomic mass is 9.85. The Morgan fingerprint density at radius 2 is 0.402 bits per heavy atom. The van der Waals surface area contributed by atoms with E-state index in [0.29, 0.717) is 97.1 Å². The van der Waals surface area contributed by atoms with Gasteiger partial charge in [0.2, 0.25) is 0 Å². The fourth-order valence-corrected chi connectivity index (χ4v) is 9.96. The molecule has 0 amide bonds. The third-order valence-electron chi connectivity index (χ3n) is 11.2. The Bertz CT molecular complexity index is 2420. The van der Waals surface area contributed by atoms with E-state index in [4.69, 9.17) is 175 Å². The van der Waals surface area contributed by atoms with Crippen molar-refractivity contribution in [1.29, 1.82) is 0 Å². The zero-order valence-corrected chi connectivity index (χ0v) is 59.7. The van der Waals surface area contributed by atoms with Crippen LogP contribution < -0.4 is 86.0 Å². The summed E-state index contributed by atoms with van der Waals surface area (Å²) in [6.45, 7) is 3.07. The number of guanidine groups is 3. The van der Waals surface area contributed by atoms with Crippen molar-refractivity contribution in [3.8, 4) is 0 Å². The van der Waals surface area contributed by atoms with Gasteiger partial charge in [-0.05, 0) is 96.7 Å². The van der Waals surface area contributed by atoms with E-state index in [0.717, 1.165) is 38.5 Å². The molecule has 0 spiro atoms. The average Bonchev–Trinajstić information content (AvgIpc) is 0.746. The first kappa shape index (κ1) is 108. The number of nitrogens with two attached hydrogens (primary N) is 15. The van der Waals surface area contributed by atoms with Crippen molar-refractivity contribution in [2.75, 3.05) is 39.3 Å². The first-order chi connectivity index (χ1) is 46.2. The van der Waals surface area contributed by atoms with E-state index < -0.39 is 156 Å². The number of aliphatic carboxylic acids is 6. The molecule has 0 saturated heterocycles. The molecule has 60 heteroatoms. The van der Waals surface area contributed by atoms with E-state index in [1.165, 1.54) is 0 Å². The Labute approximate surface area is 581 Å². The summed E-state index contributed by atoms with van der Waals surface area (Å²) >= 11 is 0. The van der Waals surface area contributed by atoms with Gasteiger partial charge < -0.3 is 175 Å². The summed E-state index contributed by atoms with van der Waals surface area (Å²) in [5, 5.41) is 50.1. The lowest BCUT2D eigenvalue weighted by Gasteiger charge is -2.48. The van der Waals surface area contributed by atoms with Gasteiger partial charge in [0.15, 0.2) is 17.9 Å². The van der Waals surface area contributed by atoms with Gasteiger partial charge in [-0.25, -0.2) is 27.4 Å². The molecule has 0 aromatic heterocycles. The SMILES string of the molecule is NC(N)=NCCC[C@H](N)C(=O)O.NC(N)=NCCC[C@H](N)C(=O)O.NC(N)=NCCC[C@H](N)C(=O)O.NCCCC[C@H](N)C(=O)O.NCCCC[C@H](N)C(=O)O.NCCCC[C@H](N)C(=O)O.O=P(O)(O)OC1C(OP(=O)(O)O)C(OP(=O)(O)O)C(OP(=O)(O)O)C(OP(=O)(O)O)C1OP(=O)(O)O. The fourth-order valence-electron chi connectivity index (χ4n) is 6.62. The fraction of sp³-hybridized carbons (Fsp3) is 0.786. The molecule has 0 aromatic rings. The van der Waals surface area contributed by atoms with Crippen LogP contribution in [0.1, 0.15) is 96.3 Å². The molecule has 102 heavy (non-hydrogen) atoms. The number of phosphoric ester groups is 6. The van der Waals surface area contributed by atoms with Crippen LogP contribution in [0.3, 0.4) is 0 Å². The number of carboxylic acids is 6. The highest BCUT2D eigenvalue weighted by atomic mass is 31.2. The molecule has 1 aliphatic carbocycles. The largest absolute Gasteiger partial charge is 0.480 e. The van der Waals surface area contributed by atoms with Crippen LogP contribution >= 0.6 is 46.9 Å². The maximum atomic E-state index is 11.4. The van der Waals surface area contributed by atoms with Crippen molar-refractivity contribution in [2.24, 2.45) is 101 Å². The van der Waals surface area contributed by atoms with Crippen molar-refractivity contribution in [1.82, 2.24) is 0 Å². The molecule has 0 radical (unpaired) electrons. The van der Waals surface area contributed by atoms with E-state index in [1.807, 2.05) is 0 Å². The number of hydrogen-bond donors (Lipinski definition) is 33. The second kappa shape index (κ2) is 56.3. The highest BCUT2D eigenvalue weighted by Gasteiger charge is 2.62. The third kappa shape index (κ3) is 70.6. The van der Waals surface area contributed by atoms with Crippen molar-refractivity contribution in [2.45, 2.75) is 169 Å². The molecule has 606 valence electrons. The van der Waals surface area contributed by atoms with Crippen LogP contribution in [-0.4, -0.2) is 255 Å². The minimum Gasteiger partial charge on any atom is -0.480 e. The maximum Gasteiger partial charge on any atom is 0.470 e. The Morgan fingerprint density at radius 1 is 0.275 bits per heavy atom. The molecule has 1 aliphatic rings. The van der Waals surface area contributed by atoms with Crippen LogP contribution in [0.2, 0.25) is 0 Å². The number of carbonyl (C=O) groups is 6. The topological polar surface area (TPSA) is 1050 Å². The summed E-state index contributed by atoms with van der Waals surface area (Å²) in [7, 11) is -36.1. The minimum absolute atomic E-state index is 0.0129. The van der Waals surface area contributed by atoms with Gasteiger partial charge in [-0.3, -0.25) is 70.9 Å². The van der Waals surface area contributed by atoms with Crippen molar-refractivity contribution >= 4 is 101 Å². The molecule has 0 aromatic carbocycles. The zero-order valence-electron chi connectivity index (χ0n) is 54.4. The average molecular weight is 1620 g/mol. The molecule has 0 heterocycles. The molecule has 0 bridgehead atoms. The van der Waals surface area contributed by atoms with Crippen LogP contribution in [0.4, 0.5) is 0 Å². The molecular weight excluding hydrogens is 1520 g/mol. The minimum atomic E-state index is -6.02. The van der Waals surface area contributed by atoms with Crippen LogP contribution in [0.5, 0.6) is 0 Å². The van der Waals surface area contributed by atoms with Gasteiger partial charge in [-0.2, -0.15) is 0 Å². The first-order valence-corrected chi connectivity index (χ1v) is 38.0. The van der Waals surface area contributed by atoms with Crippen LogP contribution in [-0.2, 0) is 83.3 Å². The summed E-state index contributed by atoms with van der Waals surface area (Å²) in [5.41, 5.74) is 77.2. The van der Waals surface area contributed by atoms with E-state index >= 15 is 0 Å². The number of rotatable bonds is 42. The number of unbranched alkanes of at least 4 members (excludes halogenated alkanes) is 3. The van der Waals surface area contributed by atoms with E-state index in [2.05, 4.69) is 42.1 Å². The predicted molar refractivity (Wildman–Crippen MR) is 354 cm³/mol. The molecule has 6 atom stereocenters. The van der Waals surface area contributed by atoms with Gasteiger partial charge in [-0.1, -0.05) is 19.3 Å². The monoisotopic (exact) mass is 1620 g/mol. The number of hydrogen-bond acceptors (Lipinski definition) is 30. The zero-order chi connectivity index (χ0) is 81.3. The number of phosphoric acid groups is 6. The lowest BCUT2D eigenvalue weighted by Crippen LogP contribution is -2.66. The molecular formula is C42H102N18O36P6. The summed E-state index contributed by atoms with van der Waals surface area (Å²) in [6.07, 6.45) is -9.50. The van der Waals surface area contributed by atoms with Crippen molar-refractivity contribution in [3.63, 3.8) is 0 Å². The second-order valence-corrected chi connectivity index (χ2v) is 27.4. The van der Waals surface area contributed by atoms with Crippen LogP contribution in [0.15, 0.2) is 15.0 Å². The highest BCUT2D eigenvalue weighted by molar-refractivity contribution is 7.47. The van der Waals surface area contributed by atoms with Gasteiger partial charge in [0, 0.05) is 19.6 Å². The standard InChI is InChI=1S/3C6H14N4O2.3C6H14N2O2.C6H18O24P6/c3*7-4(5(11)12)2-1-3-10-6(8)9;3*7-4-2-1-3-5(8)6(9)10;7-31(8,9)25-1-2(26-32(10,11)12)4(28-34(16,17)18)6(30-36(22,23)24)5(29-35(19,20)21)3(1)27-33(13,14)15/h3*4H,1-3,7H2,(H,11,12)(H4,8,9,10);3*5H,1-4,7-8H2,(H,9,10);1-6H,(H2,7,8,9)(H2,10,11,12)(H2,13,14,15)(H2,16,17,18)(H2,19,20,21)(H2,22,23,24)/t3*4-;3*5-;/m000000./s1. The van der Waals surface area contributed by atoms with Gasteiger partial charge in [0.05, 0.1) is 0 Å². The van der Waals surface area contributed by atoms with Crippen molar-refractivity contribution in [3.05, 3.63) is 0 Å². The molecule has 1 saturated carbocycles. The maximum absolute atomic E-state index is 11.4. The van der Waals surface area contributed by atoms with Gasteiger partial charge in [0.1, 0.15) is 72.9 Å². The third-order valence-corrected chi connectivity index (χ3v) is 14.3. The first-order valence-electron chi connectivity index (χ1n) is 28.8. The smallest absolute Gasteiger partial charge is 0.470 e. The predicted octanol–water partition coefficient (Wildman–Crippen LogP) is -9.19. The summed E-state index contributed by atoms with van der Waals surface area (Å²) in [6, 6.07) is -4.61. The number of carboxylic acid groups (broad SMARTS) is 6. The molecule has 0 unspecified atom stereocenters. The van der Waals surface area contributed by atoms with Gasteiger partial charge in [0.25, 0.3) is 0 Å². The number of aliphatic imine (C=N–C) groups is 3. The summed E-state index contributed by atoms with van der Waals surface area (Å²) in [5.74, 6) is -5.76. The highest BCUT2D eigenvalue weighted by Crippen LogP contribution is 2.57. The Kier molecular flexibility index (Phi) is 59.5. The Hall–Kier alpha value is -5.07. The normalized spacial score (nSPS) is 18.4. The molecule has 54 nitrogen and oxygen atoms in total. The quantitative estimate of drug-likeness (QED) is 0.0117. The van der Waals surface area contributed by atoms with Crippen LogP contribution in [0, 0.1) is 0 Å². The molecule has 1 fully saturated rings. The lowest BCUT2D eigenvalue weighted by molar-refractivity contribution is -0.202. The Morgan fingerprint density at radius 3 is 0.500 bits per heavy atom.